The largest absolute Gasteiger partial charge is 0.490 e. The van der Waals surface area contributed by atoms with Gasteiger partial charge >= 0.3 is 0 Å². The van der Waals surface area contributed by atoms with Gasteiger partial charge in [0, 0.05) is 18.9 Å². The van der Waals surface area contributed by atoms with Gasteiger partial charge in [-0.25, -0.2) is 0 Å². The van der Waals surface area contributed by atoms with Crippen LogP contribution in [0.4, 0.5) is 0 Å². The highest BCUT2D eigenvalue weighted by Gasteiger charge is 2.17. The summed E-state index contributed by atoms with van der Waals surface area (Å²) in [7, 11) is 0. The zero-order valence-electron chi connectivity index (χ0n) is 18.5. The van der Waals surface area contributed by atoms with Gasteiger partial charge in [0.25, 0.3) is 5.91 Å². The second kappa shape index (κ2) is 10.5. The lowest BCUT2D eigenvalue weighted by Gasteiger charge is -2.17. The third-order valence-electron chi connectivity index (χ3n) is 4.64. The number of amides is 1. The number of rotatable bonds is 10. The molecule has 0 aliphatic heterocycles. The number of pyridine rings is 1. The van der Waals surface area contributed by atoms with Crippen LogP contribution in [0.25, 0.3) is 5.69 Å². The number of carbonyl (C=O) groups is 1. The maximum absolute atomic E-state index is 12.9. The first-order chi connectivity index (χ1) is 15.1. The Morgan fingerprint density at radius 1 is 1.00 bits per heavy atom. The number of hydrogen-bond acceptors (Lipinski definition) is 5. The van der Waals surface area contributed by atoms with E-state index in [1.807, 2.05) is 68.8 Å². The molecule has 164 valence electrons. The second-order valence-corrected chi connectivity index (χ2v) is 6.77. The quantitative estimate of drug-likeness (QED) is 0.526. The maximum atomic E-state index is 12.9. The molecule has 0 fully saturated rings. The molecule has 0 atom stereocenters. The van der Waals surface area contributed by atoms with Crippen LogP contribution in [0.5, 0.6) is 17.2 Å². The van der Waals surface area contributed by atoms with Crippen molar-refractivity contribution in [2.24, 2.45) is 0 Å². The molecular formula is C24H29N3O4. The molecule has 0 radical (unpaired) electrons. The van der Waals surface area contributed by atoms with Crippen LogP contribution in [0.2, 0.25) is 0 Å². The highest BCUT2D eigenvalue weighted by Crippen LogP contribution is 2.39. The Morgan fingerprint density at radius 3 is 2.29 bits per heavy atom. The van der Waals surface area contributed by atoms with E-state index < -0.39 is 0 Å². The summed E-state index contributed by atoms with van der Waals surface area (Å²) in [5.74, 6) is 1.61. The van der Waals surface area contributed by atoms with E-state index in [1.54, 1.807) is 12.3 Å². The Balaban J connectivity index is 1.82. The first kappa shape index (κ1) is 22.2. The van der Waals surface area contributed by atoms with Crippen molar-refractivity contribution in [3.8, 4) is 22.9 Å². The Kier molecular flexibility index (Phi) is 7.54. The zero-order chi connectivity index (χ0) is 22.2. The molecule has 3 aromatic rings. The molecule has 0 spiro atoms. The zero-order valence-corrected chi connectivity index (χ0v) is 18.5. The summed E-state index contributed by atoms with van der Waals surface area (Å²) in [5.41, 5.74) is 3.12. The van der Waals surface area contributed by atoms with Crippen LogP contribution in [-0.2, 0) is 6.54 Å². The van der Waals surface area contributed by atoms with Crippen molar-refractivity contribution in [3.05, 3.63) is 65.7 Å². The van der Waals surface area contributed by atoms with Gasteiger partial charge in [-0.15, -0.1) is 0 Å². The van der Waals surface area contributed by atoms with Crippen LogP contribution in [0.15, 0.2) is 48.8 Å². The summed E-state index contributed by atoms with van der Waals surface area (Å²) < 4.78 is 19.1. The minimum Gasteiger partial charge on any atom is -0.490 e. The summed E-state index contributed by atoms with van der Waals surface area (Å²) in [4.78, 5) is 17.3. The number of nitrogens with zero attached hydrogens (tertiary/aromatic N) is 2. The highest BCUT2D eigenvalue weighted by molar-refractivity contribution is 5.93. The maximum Gasteiger partial charge on any atom is 0.268 e. The number of aryl methyl sites for hydroxylation is 1. The third-order valence-corrected chi connectivity index (χ3v) is 4.64. The third kappa shape index (κ3) is 5.17. The van der Waals surface area contributed by atoms with Crippen molar-refractivity contribution in [3.63, 3.8) is 0 Å². The molecule has 2 heterocycles. The molecule has 2 aromatic heterocycles. The molecule has 0 aliphatic carbocycles. The topological polar surface area (TPSA) is 74.6 Å². The lowest BCUT2D eigenvalue weighted by Crippen LogP contribution is -2.25. The standard InChI is InChI=1S/C24H29N3O4/c1-5-29-21-14-18(15-22(30-6-2)23(21)31-7-3)16-26-24(28)20-11-9-13-27(20)19-10-8-12-25-17(19)4/h8-15H,5-7,16H2,1-4H3,(H,26,28). The predicted octanol–water partition coefficient (Wildman–Crippen LogP) is 4.31. The molecule has 0 bridgehead atoms. The molecular weight excluding hydrogens is 394 g/mol. The van der Waals surface area contributed by atoms with Gasteiger partial charge < -0.3 is 24.1 Å². The van der Waals surface area contributed by atoms with Crippen molar-refractivity contribution in [1.29, 1.82) is 0 Å². The number of aromatic nitrogens is 2. The molecule has 7 heteroatoms. The predicted molar refractivity (Wildman–Crippen MR) is 119 cm³/mol. The Hall–Kier alpha value is -3.48. The lowest BCUT2D eigenvalue weighted by atomic mass is 10.1. The molecule has 31 heavy (non-hydrogen) atoms. The fraction of sp³-hybridized carbons (Fsp3) is 0.333. The van der Waals surface area contributed by atoms with Gasteiger partial charge in [0.15, 0.2) is 11.5 Å². The van der Waals surface area contributed by atoms with E-state index in [1.165, 1.54) is 0 Å². The Morgan fingerprint density at radius 2 is 1.68 bits per heavy atom. The normalized spacial score (nSPS) is 10.6. The first-order valence-electron chi connectivity index (χ1n) is 10.5. The van der Waals surface area contributed by atoms with Gasteiger partial charge in [0.2, 0.25) is 5.75 Å². The van der Waals surface area contributed by atoms with Gasteiger partial charge in [0.1, 0.15) is 5.69 Å². The van der Waals surface area contributed by atoms with E-state index in [-0.39, 0.29) is 5.91 Å². The molecule has 0 saturated heterocycles. The summed E-state index contributed by atoms with van der Waals surface area (Å²) in [5, 5.41) is 2.99. The highest BCUT2D eigenvalue weighted by atomic mass is 16.5. The van der Waals surface area contributed by atoms with Crippen LogP contribution in [0, 0.1) is 6.92 Å². The van der Waals surface area contributed by atoms with Crippen LogP contribution in [0.1, 0.15) is 42.5 Å². The van der Waals surface area contributed by atoms with Gasteiger partial charge in [-0.3, -0.25) is 9.78 Å². The molecule has 3 rings (SSSR count). The van der Waals surface area contributed by atoms with Crippen LogP contribution >= 0.6 is 0 Å². The fourth-order valence-corrected chi connectivity index (χ4v) is 3.32. The van der Waals surface area contributed by atoms with Gasteiger partial charge in [0.05, 0.1) is 31.2 Å². The molecule has 1 aromatic carbocycles. The van der Waals surface area contributed by atoms with E-state index in [0.717, 1.165) is 16.9 Å². The molecule has 0 unspecified atom stereocenters. The first-order valence-corrected chi connectivity index (χ1v) is 10.5. The number of nitrogens with one attached hydrogen (secondary N) is 1. The smallest absolute Gasteiger partial charge is 0.268 e. The van der Waals surface area contributed by atoms with Crippen LogP contribution in [0.3, 0.4) is 0 Å². The fourth-order valence-electron chi connectivity index (χ4n) is 3.32. The molecule has 0 aliphatic rings. The lowest BCUT2D eigenvalue weighted by molar-refractivity contribution is 0.0944. The molecule has 1 amide bonds. The second-order valence-electron chi connectivity index (χ2n) is 6.77. The number of benzene rings is 1. The van der Waals surface area contributed by atoms with Crippen LogP contribution < -0.4 is 19.5 Å². The van der Waals surface area contributed by atoms with Crippen molar-refractivity contribution in [1.82, 2.24) is 14.9 Å². The number of hydrogen-bond donors (Lipinski definition) is 1. The number of carbonyl (C=O) groups excluding carboxylic acids is 1. The van der Waals surface area contributed by atoms with Crippen LogP contribution in [-0.4, -0.2) is 35.3 Å². The SMILES string of the molecule is CCOc1cc(CNC(=O)c2cccn2-c2cccnc2C)cc(OCC)c1OCC. The average molecular weight is 424 g/mol. The average Bonchev–Trinajstić information content (AvgIpc) is 3.25. The summed E-state index contributed by atoms with van der Waals surface area (Å²) >= 11 is 0. The summed E-state index contributed by atoms with van der Waals surface area (Å²) in [6.45, 7) is 9.49. The van der Waals surface area contributed by atoms with Crippen molar-refractivity contribution in [2.45, 2.75) is 34.2 Å². The van der Waals surface area contributed by atoms with E-state index >= 15 is 0 Å². The van der Waals surface area contributed by atoms with Gasteiger partial charge in [-0.05, 0) is 69.7 Å². The van der Waals surface area contributed by atoms with E-state index in [9.17, 15) is 4.79 Å². The monoisotopic (exact) mass is 423 g/mol. The Labute approximate surface area is 183 Å². The van der Waals surface area contributed by atoms with Gasteiger partial charge in [-0.1, -0.05) is 0 Å². The van der Waals surface area contributed by atoms with Crippen molar-refractivity contribution in [2.75, 3.05) is 19.8 Å². The summed E-state index contributed by atoms with van der Waals surface area (Å²) in [6, 6.07) is 11.2. The Bertz CT molecular complexity index is 1000. The minimum absolute atomic E-state index is 0.182. The number of ether oxygens (including phenoxy) is 3. The van der Waals surface area contributed by atoms with Crippen molar-refractivity contribution >= 4 is 5.91 Å². The molecule has 7 nitrogen and oxygen atoms in total. The van der Waals surface area contributed by atoms with E-state index in [2.05, 4.69) is 10.3 Å². The minimum atomic E-state index is -0.182. The van der Waals surface area contributed by atoms with E-state index in [4.69, 9.17) is 14.2 Å². The molecule has 1 N–H and O–H groups in total. The van der Waals surface area contributed by atoms with Gasteiger partial charge in [-0.2, -0.15) is 0 Å². The van der Waals surface area contributed by atoms with E-state index in [0.29, 0.717) is 49.3 Å². The molecule has 0 saturated carbocycles. The van der Waals surface area contributed by atoms with Crippen molar-refractivity contribution < 1.29 is 19.0 Å². The summed E-state index contributed by atoms with van der Waals surface area (Å²) in [6.07, 6.45) is 3.59.